The van der Waals surface area contributed by atoms with Crippen molar-refractivity contribution in [2.24, 2.45) is 0 Å². The number of esters is 1. The van der Waals surface area contributed by atoms with E-state index in [0.717, 1.165) is 0 Å². The second-order valence-corrected chi connectivity index (χ2v) is 3.71. The lowest BCUT2D eigenvalue weighted by Gasteiger charge is -2.11. The zero-order chi connectivity index (χ0) is 12.3. The molecule has 0 atom stereocenters. The fourth-order valence-electron chi connectivity index (χ4n) is 1.36. The molecule has 0 aliphatic carbocycles. The largest absolute Gasteiger partial charge is 0.465 e. The summed E-state index contributed by atoms with van der Waals surface area (Å²) >= 11 is 0. The summed E-state index contributed by atoms with van der Waals surface area (Å²) in [5.41, 5.74) is 6.48. The number of carbonyl (C=O) groups is 1. The average Bonchev–Trinajstić information content (AvgIpc) is 2.15. The molecular weight excluding hydrogens is 208 g/mol. The van der Waals surface area contributed by atoms with Crippen molar-refractivity contribution in [1.82, 2.24) is 14.9 Å². The van der Waals surface area contributed by atoms with Crippen LogP contribution >= 0.6 is 0 Å². The molecule has 0 aromatic carbocycles. The smallest absolute Gasteiger partial charge is 0.343 e. The van der Waals surface area contributed by atoms with Crippen molar-refractivity contribution >= 4 is 11.8 Å². The molecule has 1 aromatic heterocycles. The van der Waals surface area contributed by atoms with Gasteiger partial charge in [0.25, 0.3) is 0 Å². The molecule has 0 aliphatic heterocycles. The Bertz CT molecular complexity index is 381. The minimum atomic E-state index is -0.508. The van der Waals surface area contributed by atoms with Crippen LogP contribution in [0.3, 0.4) is 0 Å². The normalized spacial score (nSPS) is 10.6. The first-order valence-corrected chi connectivity index (χ1v) is 4.81. The number of aryl methyl sites for hydroxylation is 1. The van der Waals surface area contributed by atoms with E-state index in [4.69, 9.17) is 5.73 Å². The second kappa shape index (κ2) is 4.89. The number of carbonyl (C=O) groups excluding carboxylic acids is 1. The standard InChI is InChI=1S/C10H16N4O2/c1-6-8(10(15)16-4)9(11)13-7(12-6)5-14(2)3/h5H2,1-4H3,(H2,11,12,13). The predicted molar refractivity (Wildman–Crippen MR) is 59.9 cm³/mol. The Morgan fingerprint density at radius 2 is 2.06 bits per heavy atom. The van der Waals surface area contributed by atoms with Gasteiger partial charge >= 0.3 is 5.97 Å². The maximum absolute atomic E-state index is 11.4. The van der Waals surface area contributed by atoms with Gasteiger partial charge in [0.2, 0.25) is 0 Å². The Hall–Kier alpha value is -1.69. The van der Waals surface area contributed by atoms with Gasteiger partial charge in [-0.1, -0.05) is 0 Å². The fourth-order valence-corrected chi connectivity index (χ4v) is 1.36. The molecule has 6 heteroatoms. The lowest BCUT2D eigenvalue weighted by atomic mass is 10.2. The molecule has 0 radical (unpaired) electrons. The summed E-state index contributed by atoms with van der Waals surface area (Å²) in [4.78, 5) is 21.6. The van der Waals surface area contributed by atoms with Crippen LogP contribution in [-0.2, 0) is 11.3 Å². The third kappa shape index (κ3) is 2.66. The van der Waals surface area contributed by atoms with E-state index >= 15 is 0 Å². The molecule has 0 aliphatic rings. The number of nitrogens with zero attached hydrogens (tertiary/aromatic N) is 3. The topological polar surface area (TPSA) is 81.3 Å². The van der Waals surface area contributed by atoms with E-state index in [1.165, 1.54) is 7.11 Å². The molecule has 0 bridgehead atoms. The van der Waals surface area contributed by atoms with Crippen molar-refractivity contribution in [3.8, 4) is 0 Å². The van der Waals surface area contributed by atoms with Crippen LogP contribution in [0.15, 0.2) is 0 Å². The molecule has 16 heavy (non-hydrogen) atoms. The maximum atomic E-state index is 11.4. The lowest BCUT2D eigenvalue weighted by Crippen LogP contribution is -2.18. The molecule has 6 nitrogen and oxygen atoms in total. The van der Waals surface area contributed by atoms with Crippen LogP contribution in [-0.4, -0.2) is 42.0 Å². The van der Waals surface area contributed by atoms with Crippen LogP contribution in [0.1, 0.15) is 21.9 Å². The molecule has 2 N–H and O–H groups in total. The van der Waals surface area contributed by atoms with Gasteiger partial charge in [0, 0.05) is 0 Å². The fraction of sp³-hybridized carbons (Fsp3) is 0.500. The van der Waals surface area contributed by atoms with E-state index in [-0.39, 0.29) is 11.4 Å². The highest BCUT2D eigenvalue weighted by Crippen LogP contribution is 2.14. The molecule has 0 saturated carbocycles. The number of hydrogen-bond donors (Lipinski definition) is 1. The van der Waals surface area contributed by atoms with Crippen molar-refractivity contribution in [3.63, 3.8) is 0 Å². The number of ether oxygens (including phenoxy) is 1. The van der Waals surface area contributed by atoms with Crippen molar-refractivity contribution in [2.75, 3.05) is 26.9 Å². The SMILES string of the molecule is COC(=O)c1c(C)nc(CN(C)C)nc1N. The minimum Gasteiger partial charge on any atom is -0.465 e. The third-order valence-corrected chi connectivity index (χ3v) is 2.01. The van der Waals surface area contributed by atoms with Crippen LogP contribution < -0.4 is 5.73 Å². The zero-order valence-electron chi connectivity index (χ0n) is 9.94. The molecule has 88 valence electrons. The van der Waals surface area contributed by atoms with Gasteiger partial charge < -0.3 is 15.4 Å². The highest BCUT2D eigenvalue weighted by atomic mass is 16.5. The zero-order valence-corrected chi connectivity index (χ0v) is 9.94. The first kappa shape index (κ1) is 12.4. The van der Waals surface area contributed by atoms with Gasteiger partial charge in [0.1, 0.15) is 17.2 Å². The number of rotatable bonds is 3. The van der Waals surface area contributed by atoms with E-state index in [1.54, 1.807) is 6.92 Å². The highest BCUT2D eigenvalue weighted by Gasteiger charge is 2.17. The molecule has 0 amide bonds. The summed E-state index contributed by atoms with van der Waals surface area (Å²) in [6, 6.07) is 0. The summed E-state index contributed by atoms with van der Waals surface area (Å²) in [5.74, 6) is 0.246. The monoisotopic (exact) mass is 224 g/mol. The van der Waals surface area contributed by atoms with Crippen LogP contribution in [0.4, 0.5) is 5.82 Å². The van der Waals surface area contributed by atoms with Crippen LogP contribution in [0.2, 0.25) is 0 Å². The number of anilines is 1. The van der Waals surface area contributed by atoms with Gasteiger partial charge in [-0.15, -0.1) is 0 Å². The van der Waals surface area contributed by atoms with E-state index in [2.05, 4.69) is 14.7 Å². The Kier molecular flexibility index (Phi) is 3.78. The maximum Gasteiger partial charge on any atom is 0.343 e. The molecule has 1 aromatic rings. The molecular formula is C10H16N4O2. The van der Waals surface area contributed by atoms with Crippen molar-refractivity contribution < 1.29 is 9.53 Å². The van der Waals surface area contributed by atoms with Crippen LogP contribution in [0.25, 0.3) is 0 Å². The number of nitrogens with two attached hydrogens (primary N) is 1. The Morgan fingerprint density at radius 3 is 2.50 bits per heavy atom. The van der Waals surface area contributed by atoms with Gasteiger partial charge in [0.15, 0.2) is 0 Å². The minimum absolute atomic E-state index is 0.163. The van der Waals surface area contributed by atoms with E-state index < -0.39 is 5.97 Å². The molecule has 0 saturated heterocycles. The highest BCUT2D eigenvalue weighted by molar-refractivity contribution is 5.95. The van der Waals surface area contributed by atoms with Gasteiger partial charge in [-0.05, 0) is 21.0 Å². The predicted octanol–water partition coefficient (Wildman–Crippen LogP) is 0.215. The molecule has 0 unspecified atom stereocenters. The number of aromatic nitrogens is 2. The second-order valence-electron chi connectivity index (χ2n) is 3.71. The lowest BCUT2D eigenvalue weighted by molar-refractivity contribution is 0.0600. The number of nitrogen functional groups attached to an aromatic ring is 1. The van der Waals surface area contributed by atoms with Crippen molar-refractivity contribution in [1.29, 1.82) is 0 Å². The molecule has 1 heterocycles. The van der Waals surface area contributed by atoms with Gasteiger partial charge in [-0.2, -0.15) is 0 Å². The summed E-state index contributed by atoms with van der Waals surface area (Å²) in [6.07, 6.45) is 0. The molecule has 0 spiro atoms. The third-order valence-electron chi connectivity index (χ3n) is 2.01. The number of hydrogen-bond acceptors (Lipinski definition) is 6. The van der Waals surface area contributed by atoms with Crippen molar-refractivity contribution in [2.45, 2.75) is 13.5 Å². The number of methoxy groups -OCH3 is 1. The van der Waals surface area contributed by atoms with Crippen LogP contribution in [0.5, 0.6) is 0 Å². The van der Waals surface area contributed by atoms with Crippen LogP contribution in [0, 0.1) is 6.92 Å². The van der Waals surface area contributed by atoms with Gasteiger partial charge in [0.05, 0.1) is 19.3 Å². The summed E-state index contributed by atoms with van der Waals surface area (Å²) in [5, 5.41) is 0. The summed E-state index contributed by atoms with van der Waals surface area (Å²) in [6.45, 7) is 2.29. The van der Waals surface area contributed by atoms with E-state index in [9.17, 15) is 4.79 Å². The molecule has 1 rings (SSSR count). The first-order chi connectivity index (χ1) is 7.45. The Balaban J connectivity index is 3.12. The molecule has 0 fully saturated rings. The van der Waals surface area contributed by atoms with Crippen molar-refractivity contribution in [3.05, 3.63) is 17.1 Å². The van der Waals surface area contributed by atoms with E-state index in [0.29, 0.717) is 18.1 Å². The quantitative estimate of drug-likeness (QED) is 0.739. The average molecular weight is 224 g/mol. The van der Waals surface area contributed by atoms with Gasteiger partial charge in [-0.25, -0.2) is 14.8 Å². The first-order valence-electron chi connectivity index (χ1n) is 4.81. The van der Waals surface area contributed by atoms with Gasteiger partial charge in [-0.3, -0.25) is 0 Å². The Labute approximate surface area is 94.4 Å². The summed E-state index contributed by atoms with van der Waals surface area (Å²) < 4.78 is 4.61. The van der Waals surface area contributed by atoms with E-state index in [1.807, 2.05) is 19.0 Å². The summed E-state index contributed by atoms with van der Waals surface area (Å²) in [7, 11) is 5.11. The Morgan fingerprint density at radius 1 is 1.44 bits per heavy atom.